The summed E-state index contributed by atoms with van der Waals surface area (Å²) in [5.41, 5.74) is 5.41. The summed E-state index contributed by atoms with van der Waals surface area (Å²) in [5.74, 6) is -1.54. The molecule has 7 heteroatoms. The number of hydrogen-bond donors (Lipinski definition) is 1. The lowest BCUT2D eigenvalue weighted by atomic mass is 9.64. The van der Waals surface area contributed by atoms with Crippen LogP contribution in [0.25, 0.3) is 0 Å². The molecule has 0 saturated heterocycles. The predicted octanol–water partition coefficient (Wildman–Crippen LogP) is 9.95. The third kappa shape index (κ3) is 7.34. The third-order valence-corrected chi connectivity index (χ3v) is 20.3. The molecule has 2 fully saturated rings. The van der Waals surface area contributed by atoms with Crippen LogP contribution in [0.2, 0.25) is 36.3 Å². The smallest absolute Gasteiger partial charge is 0.329 e. The van der Waals surface area contributed by atoms with Crippen LogP contribution >= 0.6 is 0 Å². The van der Waals surface area contributed by atoms with Gasteiger partial charge in [-0.2, -0.15) is 0 Å². The Balaban J connectivity index is 2.09. The Labute approximate surface area is 259 Å². The van der Waals surface area contributed by atoms with Crippen molar-refractivity contribution >= 4 is 22.6 Å². The maximum Gasteiger partial charge on any atom is 0.329 e. The van der Waals surface area contributed by atoms with Gasteiger partial charge in [0.15, 0.2) is 22.4 Å². The molecule has 0 amide bonds. The Hall–Kier alpha value is -1.26. The highest BCUT2D eigenvalue weighted by Crippen LogP contribution is 2.55. The van der Waals surface area contributed by atoms with Gasteiger partial charge in [0.25, 0.3) is 0 Å². The maximum absolute atomic E-state index is 11.8. The summed E-state index contributed by atoms with van der Waals surface area (Å²) in [7, 11) is -4.54. The molecule has 0 bridgehead atoms. The van der Waals surface area contributed by atoms with E-state index < -0.39 is 35.0 Å². The zero-order chi connectivity index (χ0) is 31.9. The molecule has 0 aliphatic heterocycles. The summed E-state index contributed by atoms with van der Waals surface area (Å²) in [5, 5.41) is 9.63. The SMILES string of the molecule is C=C1C(=CC=C2CCC[C@]3(C)C(CC)=CC[C@@H]23)C[C@@](OCC(=O)O)(O[Si](C)(C)C(C)(C)C)C[C@@H]1O[Si](C)(C)C(C)(C)C. The van der Waals surface area contributed by atoms with Crippen LogP contribution in [-0.4, -0.2) is 46.2 Å². The first-order valence-corrected chi connectivity index (χ1v) is 21.9. The Kier molecular flexibility index (Phi) is 10.3. The first-order chi connectivity index (χ1) is 19.1. The first-order valence-electron chi connectivity index (χ1n) is 16.1. The molecule has 238 valence electrons. The number of carboxylic acid groups (broad SMARTS) is 1. The molecule has 3 aliphatic carbocycles. The number of ether oxygens (including phenoxy) is 1. The Morgan fingerprint density at radius 3 is 2.26 bits per heavy atom. The minimum Gasteiger partial charge on any atom is -0.480 e. The van der Waals surface area contributed by atoms with Crippen molar-refractivity contribution in [3.05, 3.63) is 47.1 Å². The van der Waals surface area contributed by atoms with Crippen molar-refractivity contribution in [3.63, 3.8) is 0 Å². The molecular formula is C35H60O5Si2. The van der Waals surface area contributed by atoms with E-state index in [9.17, 15) is 9.90 Å². The average Bonchev–Trinajstić information content (AvgIpc) is 3.18. The molecule has 3 aliphatic rings. The van der Waals surface area contributed by atoms with Crippen LogP contribution in [0.1, 0.15) is 100 Å². The first kappa shape index (κ1) is 35.2. The van der Waals surface area contributed by atoms with Gasteiger partial charge >= 0.3 is 5.97 Å². The standard InChI is InChI=1S/C35H60O5Si2/c1-14-28-19-20-29-26(16-15-21-34(28,29)9)17-18-27-22-35(38-24-31(36)37,40-42(12,13)33(6,7)8)23-30(25(27)2)39-41(10,11)32(3,4)5/h17-19,29-30H,2,14-16,20-24H2,1,3-13H3,(H,36,37)/t29-,30-,34+,35+/m0/s1. The van der Waals surface area contributed by atoms with Gasteiger partial charge < -0.3 is 18.7 Å². The van der Waals surface area contributed by atoms with Crippen LogP contribution in [0.3, 0.4) is 0 Å². The molecule has 0 aromatic heterocycles. The number of aliphatic carboxylic acids is 1. The topological polar surface area (TPSA) is 65.0 Å². The van der Waals surface area contributed by atoms with Crippen molar-refractivity contribution in [2.75, 3.05) is 6.61 Å². The second-order valence-electron chi connectivity index (χ2n) is 16.3. The number of allylic oxidation sites excluding steroid dienone is 5. The van der Waals surface area contributed by atoms with Crippen LogP contribution < -0.4 is 0 Å². The van der Waals surface area contributed by atoms with Crippen LogP contribution in [0.5, 0.6) is 0 Å². The monoisotopic (exact) mass is 616 g/mol. The molecule has 4 atom stereocenters. The molecule has 1 N–H and O–H groups in total. The zero-order valence-electron chi connectivity index (χ0n) is 28.8. The molecular weight excluding hydrogens is 557 g/mol. The van der Waals surface area contributed by atoms with E-state index >= 15 is 0 Å². The van der Waals surface area contributed by atoms with Crippen molar-refractivity contribution in [1.82, 2.24) is 0 Å². The van der Waals surface area contributed by atoms with E-state index in [0.29, 0.717) is 18.8 Å². The highest BCUT2D eigenvalue weighted by atomic mass is 28.4. The molecule has 2 saturated carbocycles. The highest BCUT2D eigenvalue weighted by Gasteiger charge is 2.52. The molecule has 0 spiro atoms. The maximum atomic E-state index is 11.8. The van der Waals surface area contributed by atoms with Crippen LogP contribution in [0.4, 0.5) is 0 Å². The van der Waals surface area contributed by atoms with E-state index in [4.69, 9.17) is 13.6 Å². The minimum atomic E-state index is -2.35. The van der Waals surface area contributed by atoms with Crippen LogP contribution in [0, 0.1) is 11.3 Å². The summed E-state index contributed by atoms with van der Waals surface area (Å²) in [6.45, 7) is 31.2. The molecule has 5 nitrogen and oxygen atoms in total. The predicted molar refractivity (Wildman–Crippen MR) is 180 cm³/mol. The number of hydrogen-bond acceptors (Lipinski definition) is 4. The summed E-state index contributed by atoms with van der Waals surface area (Å²) < 4.78 is 20.4. The van der Waals surface area contributed by atoms with Crippen LogP contribution in [0.15, 0.2) is 47.1 Å². The van der Waals surface area contributed by atoms with Gasteiger partial charge in [-0.1, -0.05) is 91.3 Å². The lowest BCUT2D eigenvalue weighted by molar-refractivity contribution is -0.213. The normalized spacial score (nSPS) is 31.4. The van der Waals surface area contributed by atoms with Gasteiger partial charge in [-0.15, -0.1) is 0 Å². The highest BCUT2D eigenvalue weighted by molar-refractivity contribution is 6.74. The second-order valence-corrected chi connectivity index (χ2v) is 25.8. The lowest BCUT2D eigenvalue weighted by Gasteiger charge is -2.51. The van der Waals surface area contributed by atoms with Gasteiger partial charge in [0.2, 0.25) is 0 Å². The summed E-state index contributed by atoms with van der Waals surface area (Å²) >= 11 is 0. The average molecular weight is 617 g/mol. The Bertz CT molecular complexity index is 1130. The largest absolute Gasteiger partial charge is 0.480 e. The molecule has 0 unspecified atom stereocenters. The molecule has 0 radical (unpaired) electrons. The van der Waals surface area contributed by atoms with E-state index in [1.54, 1.807) is 5.57 Å². The summed E-state index contributed by atoms with van der Waals surface area (Å²) in [6, 6.07) is 0. The van der Waals surface area contributed by atoms with Crippen molar-refractivity contribution in [1.29, 1.82) is 0 Å². The van der Waals surface area contributed by atoms with E-state index in [0.717, 1.165) is 30.4 Å². The van der Waals surface area contributed by atoms with Crippen molar-refractivity contribution < 1.29 is 23.5 Å². The number of carbonyl (C=O) groups is 1. The molecule has 0 aromatic rings. The van der Waals surface area contributed by atoms with Gasteiger partial charge in [-0.3, -0.25) is 0 Å². The summed E-state index contributed by atoms with van der Waals surface area (Å²) in [4.78, 5) is 11.8. The van der Waals surface area contributed by atoms with E-state index in [1.165, 1.54) is 18.4 Å². The van der Waals surface area contributed by atoms with Crippen molar-refractivity contribution in [2.45, 2.75) is 148 Å². The number of rotatable bonds is 9. The Morgan fingerprint density at radius 1 is 1.10 bits per heavy atom. The quantitative estimate of drug-likeness (QED) is 0.159. The van der Waals surface area contributed by atoms with E-state index in [2.05, 4.69) is 106 Å². The van der Waals surface area contributed by atoms with Crippen molar-refractivity contribution in [3.8, 4) is 0 Å². The van der Waals surface area contributed by atoms with Gasteiger partial charge in [0.05, 0.1) is 6.10 Å². The number of carboxylic acids is 1. The summed E-state index contributed by atoms with van der Waals surface area (Å²) in [6.07, 6.45) is 13.5. The van der Waals surface area contributed by atoms with Crippen LogP contribution in [-0.2, 0) is 18.4 Å². The Morgan fingerprint density at radius 2 is 1.71 bits per heavy atom. The minimum absolute atomic E-state index is 0.0143. The van der Waals surface area contributed by atoms with Gasteiger partial charge in [-0.25, -0.2) is 4.79 Å². The van der Waals surface area contributed by atoms with E-state index in [1.807, 2.05) is 0 Å². The third-order valence-electron chi connectivity index (χ3n) is 11.3. The van der Waals surface area contributed by atoms with Gasteiger partial charge in [-0.05, 0) is 90.8 Å². The fourth-order valence-electron chi connectivity index (χ4n) is 6.59. The fourth-order valence-corrected chi connectivity index (χ4v) is 9.33. The molecule has 42 heavy (non-hydrogen) atoms. The van der Waals surface area contributed by atoms with Gasteiger partial charge in [0, 0.05) is 12.8 Å². The van der Waals surface area contributed by atoms with Gasteiger partial charge in [0.1, 0.15) is 6.61 Å². The molecule has 0 aromatic carbocycles. The fraction of sp³-hybridized carbons (Fsp3) is 0.743. The molecule has 0 heterocycles. The molecule has 3 rings (SSSR count). The lowest BCUT2D eigenvalue weighted by Crippen LogP contribution is -2.56. The second kappa shape index (κ2) is 12.3. The zero-order valence-corrected chi connectivity index (χ0v) is 30.8. The van der Waals surface area contributed by atoms with E-state index in [-0.39, 0.29) is 21.6 Å². The number of fused-ring (bicyclic) bond motifs is 1. The van der Waals surface area contributed by atoms with Crippen molar-refractivity contribution in [2.24, 2.45) is 11.3 Å².